The van der Waals surface area contributed by atoms with E-state index < -0.39 is 5.78 Å². The Kier molecular flexibility index (Phi) is 8.36. The number of carbonyl (C=O) groups excluding carboxylic acids is 1. The summed E-state index contributed by atoms with van der Waals surface area (Å²) >= 11 is 0. The molecule has 0 unspecified atom stereocenters. The molecule has 1 N–H and O–H groups in total. The molecule has 0 radical (unpaired) electrons. The Hall–Kier alpha value is -5.49. The smallest absolute Gasteiger partial charge is 0.231 e. The molecule has 0 aliphatic carbocycles. The average Bonchev–Trinajstić information content (AvgIpc) is 3.53. The Morgan fingerprint density at radius 3 is 1.93 bits per heavy atom. The molecule has 1 aliphatic rings. The van der Waals surface area contributed by atoms with Crippen molar-refractivity contribution in [3.05, 3.63) is 155 Å². The second kappa shape index (κ2) is 13.0. The fourth-order valence-electron chi connectivity index (χ4n) is 4.86. The van der Waals surface area contributed by atoms with Crippen molar-refractivity contribution in [2.24, 2.45) is 0 Å². The van der Waals surface area contributed by atoms with Crippen LogP contribution in [0, 0.1) is 0 Å². The van der Waals surface area contributed by atoms with Gasteiger partial charge in [-0.2, -0.15) is 0 Å². The van der Waals surface area contributed by atoms with Crippen LogP contribution in [-0.2, 0) is 19.6 Å². The quantitative estimate of drug-likeness (QED) is 0.129. The highest BCUT2D eigenvalue weighted by atomic mass is 16.7. The lowest BCUT2D eigenvalue weighted by molar-refractivity contribution is 0.104. The molecule has 0 saturated heterocycles. The zero-order valence-electron chi connectivity index (χ0n) is 23.4. The number of phenolic OH excluding ortho intramolecular Hbond substituents is 1. The summed E-state index contributed by atoms with van der Waals surface area (Å²) < 4.78 is 23.3. The molecule has 6 heteroatoms. The number of ether oxygens (including phenoxy) is 4. The molecule has 0 fully saturated rings. The molecule has 6 nitrogen and oxygen atoms in total. The summed E-state index contributed by atoms with van der Waals surface area (Å²) in [5.41, 5.74) is 4.22. The Labute approximate surface area is 250 Å². The third-order valence-electron chi connectivity index (χ3n) is 7.10. The number of carbonyl (C=O) groups is 1. The third-order valence-corrected chi connectivity index (χ3v) is 7.10. The van der Waals surface area contributed by atoms with Crippen LogP contribution in [0.25, 0.3) is 6.08 Å². The number of allylic oxidation sites excluding steroid dienone is 1. The molecule has 0 atom stereocenters. The van der Waals surface area contributed by atoms with E-state index in [-0.39, 0.29) is 37.1 Å². The summed E-state index contributed by atoms with van der Waals surface area (Å²) in [6.45, 7) is 0.667. The van der Waals surface area contributed by atoms with E-state index in [1.165, 1.54) is 6.08 Å². The van der Waals surface area contributed by atoms with Crippen LogP contribution in [-0.4, -0.2) is 17.7 Å². The Morgan fingerprint density at radius 2 is 1.28 bits per heavy atom. The van der Waals surface area contributed by atoms with Crippen LogP contribution >= 0.6 is 0 Å². The van der Waals surface area contributed by atoms with Gasteiger partial charge in [0.05, 0.1) is 0 Å². The van der Waals surface area contributed by atoms with Crippen molar-refractivity contribution in [3.8, 4) is 28.7 Å². The fourth-order valence-corrected chi connectivity index (χ4v) is 4.86. The summed E-state index contributed by atoms with van der Waals surface area (Å²) in [5, 5.41) is 11.7. The maximum absolute atomic E-state index is 13.8. The fraction of sp³-hybridized carbons (Fsp3) is 0.108. The van der Waals surface area contributed by atoms with Crippen LogP contribution in [0.2, 0.25) is 0 Å². The van der Waals surface area contributed by atoms with Gasteiger partial charge in [-0.3, -0.25) is 4.79 Å². The van der Waals surface area contributed by atoms with Crippen LogP contribution in [0.4, 0.5) is 0 Å². The van der Waals surface area contributed by atoms with Crippen LogP contribution in [0.5, 0.6) is 28.7 Å². The van der Waals surface area contributed by atoms with Gasteiger partial charge in [0.15, 0.2) is 17.3 Å². The predicted octanol–water partition coefficient (Wildman–Crippen LogP) is 7.77. The molecule has 0 spiro atoms. The molecule has 0 amide bonds. The lowest BCUT2D eigenvalue weighted by atomic mass is 9.97. The van der Waals surface area contributed by atoms with Crippen molar-refractivity contribution in [2.75, 3.05) is 6.79 Å². The molecule has 0 aromatic heterocycles. The van der Waals surface area contributed by atoms with E-state index in [9.17, 15) is 9.90 Å². The maximum atomic E-state index is 13.8. The monoisotopic (exact) mass is 570 g/mol. The van der Waals surface area contributed by atoms with Crippen molar-refractivity contribution in [1.82, 2.24) is 0 Å². The molecular formula is C37H30O6. The van der Waals surface area contributed by atoms with Gasteiger partial charge in [0, 0.05) is 18.1 Å². The van der Waals surface area contributed by atoms with Gasteiger partial charge in [0.25, 0.3) is 0 Å². The van der Waals surface area contributed by atoms with Gasteiger partial charge in [-0.1, -0.05) is 103 Å². The molecule has 5 aromatic rings. The first-order chi connectivity index (χ1) is 21.1. The van der Waals surface area contributed by atoms with Crippen LogP contribution < -0.4 is 18.9 Å². The van der Waals surface area contributed by atoms with Crippen molar-refractivity contribution in [3.63, 3.8) is 0 Å². The maximum Gasteiger partial charge on any atom is 0.231 e. The van der Waals surface area contributed by atoms with Crippen molar-refractivity contribution in [2.45, 2.75) is 19.6 Å². The number of fused-ring (bicyclic) bond motifs is 1. The van der Waals surface area contributed by atoms with E-state index in [4.69, 9.17) is 18.9 Å². The minimum absolute atomic E-state index is 0.0749. The van der Waals surface area contributed by atoms with Gasteiger partial charge < -0.3 is 24.1 Å². The third kappa shape index (κ3) is 6.71. The van der Waals surface area contributed by atoms with Gasteiger partial charge in [0.1, 0.15) is 36.0 Å². The van der Waals surface area contributed by atoms with Crippen molar-refractivity contribution >= 4 is 11.9 Å². The number of aromatic hydroxyl groups is 1. The normalized spacial score (nSPS) is 11.9. The van der Waals surface area contributed by atoms with E-state index in [2.05, 4.69) is 0 Å². The largest absolute Gasteiger partial charge is 0.507 e. The molecule has 1 aliphatic heterocycles. The van der Waals surface area contributed by atoms with E-state index in [0.717, 1.165) is 22.3 Å². The van der Waals surface area contributed by atoms with Gasteiger partial charge >= 0.3 is 0 Å². The summed E-state index contributed by atoms with van der Waals surface area (Å²) in [5.74, 6) is 1.40. The average molecular weight is 571 g/mol. The predicted molar refractivity (Wildman–Crippen MR) is 165 cm³/mol. The van der Waals surface area contributed by atoms with Crippen LogP contribution in [0.15, 0.2) is 121 Å². The van der Waals surface area contributed by atoms with Gasteiger partial charge in [-0.25, -0.2) is 0 Å². The van der Waals surface area contributed by atoms with E-state index >= 15 is 0 Å². The summed E-state index contributed by atoms with van der Waals surface area (Å²) in [4.78, 5) is 13.8. The minimum atomic E-state index is -0.401. The van der Waals surface area contributed by atoms with Gasteiger partial charge in [-0.15, -0.1) is 0 Å². The Balaban J connectivity index is 1.39. The van der Waals surface area contributed by atoms with Crippen molar-refractivity contribution < 1.29 is 28.8 Å². The first kappa shape index (κ1) is 27.7. The molecule has 1 heterocycles. The molecule has 6 rings (SSSR count). The number of rotatable bonds is 11. The lowest BCUT2D eigenvalue weighted by Gasteiger charge is -2.19. The van der Waals surface area contributed by atoms with E-state index in [0.29, 0.717) is 29.2 Å². The lowest BCUT2D eigenvalue weighted by Crippen LogP contribution is -2.08. The summed E-state index contributed by atoms with van der Waals surface area (Å²) in [7, 11) is 0. The number of hydrogen-bond acceptors (Lipinski definition) is 6. The second-order valence-corrected chi connectivity index (χ2v) is 10.1. The highest BCUT2D eigenvalue weighted by Crippen LogP contribution is 2.41. The topological polar surface area (TPSA) is 74.2 Å². The van der Waals surface area contributed by atoms with Crippen LogP contribution in [0.3, 0.4) is 0 Å². The molecular weight excluding hydrogens is 540 g/mol. The molecule has 0 saturated carbocycles. The molecule has 5 aromatic carbocycles. The number of phenols is 1. The molecule has 0 bridgehead atoms. The number of benzene rings is 5. The SMILES string of the molecule is O=C(/C=C/c1ccc2c(c1)OCO2)c1c(OCc2ccccc2)cc(OCc2ccccc2)c(Cc2ccccc2)c1O. The second-order valence-electron chi connectivity index (χ2n) is 10.1. The van der Waals surface area contributed by atoms with Gasteiger partial charge in [0.2, 0.25) is 6.79 Å². The Morgan fingerprint density at radius 1 is 0.698 bits per heavy atom. The first-order valence-electron chi connectivity index (χ1n) is 14.0. The number of ketones is 1. The minimum Gasteiger partial charge on any atom is -0.507 e. The zero-order chi connectivity index (χ0) is 29.4. The van der Waals surface area contributed by atoms with Crippen LogP contribution in [0.1, 0.15) is 38.2 Å². The first-order valence-corrected chi connectivity index (χ1v) is 14.0. The highest BCUT2D eigenvalue weighted by Gasteiger charge is 2.24. The molecule has 43 heavy (non-hydrogen) atoms. The highest BCUT2D eigenvalue weighted by molar-refractivity contribution is 6.11. The molecule has 214 valence electrons. The van der Waals surface area contributed by atoms with Gasteiger partial charge in [-0.05, 0) is 40.5 Å². The Bertz CT molecular complexity index is 1730. The van der Waals surface area contributed by atoms with E-state index in [1.807, 2.05) is 97.1 Å². The number of hydrogen-bond donors (Lipinski definition) is 1. The zero-order valence-corrected chi connectivity index (χ0v) is 23.4. The summed E-state index contributed by atoms with van der Waals surface area (Å²) in [6, 6.07) is 36.4. The summed E-state index contributed by atoms with van der Waals surface area (Å²) in [6.07, 6.45) is 3.47. The van der Waals surface area contributed by atoms with E-state index in [1.54, 1.807) is 24.3 Å². The standard InChI is InChI=1S/C37H30O6/c38-31(18-16-27-17-19-32-34(21-27)43-25-42-32)36-35(41-24-29-14-8-3-9-15-29)22-33(40-23-28-12-6-2-7-13-28)30(37(36)39)20-26-10-4-1-5-11-26/h1-19,21-22,39H,20,23-25H2/b18-16+. The van der Waals surface area contributed by atoms with Crippen molar-refractivity contribution in [1.29, 1.82) is 0 Å².